The van der Waals surface area contributed by atoms with Crippen molar-refractivity contribution in [1.82, 2.24) is 0 Å². The molecule has 166 valence electrons. The van der Waals surface area contributed by atoms with Crippen LogP contribution in [0.2, 0.25) is 0 Å². The van der Waals surface area contributed by atoms with Crippen molar-refractivity contribution in [3.8, 4) is 0 Å². The Morgan fingerprint density at radius 1 is 1.32 bits per heavy atom. The first-order chi connectivity index (χ1) is 14.8. The first-order valence-electron chi connectivity index (χ1n) is 10.7. The maximum Gasteiger partial charge on any atom is 0.343 e. The van der Waals surface area contributed by atoms with Crippen molar-refractivity contribution in [3.63, 3.8) is 0 Å². The fourth-order valence-corrected chi connectivity index (χ4v) is 4.00. The van der Waals surface area contributed by atoms with Gasteiger partial charge < -0.3 is 19.4 Å². The minimum absolute atomic E-state index is 0.0650. The van der Waals surface area contributed by atoms with Crippen molar-refractivity contribution in [3.05, 3.63) is 70.6 Å². The maximum atomic E-state index is 12.2. The fourth-order valence-electron chi connectivity index (χ4n) is 4.00. The van der Waals surface area contributed by atoms with Crippen LogP contribution in [-0.4, -0.2) is 28.1 Å². The Balaban J connectivity index is 1.41. The summed E-state index contributed by atoms with van der Waals surface area (Å²) in [6.07, 6.45) is 12.0. The Labute approximate surface area is 182 Å². The average Bonchev–Trinajstić information content (AvgIpc) is 3.39. The topological polar surface area (TPSA) is 97.0 Å². The van der Waals surface area contributed by atoms with Crippen LogP contribution in [0.4, 0.5) is 0 Å². The Bertz CT molecular complexity index is 945. The molecule has 0 amide bonds. The van der Waals surface area contributed by atoms with Crippen molar-refractivity contribution < 1.29 is 29.0 Å². The zero-order valence-electron chi connectivity index (χ0n) is 18.3. The van der Waals surface area contributed by atoms with Gasteiger partial charge in [-0.2, -0.15) is 0 Å². The molecule has 0 saturated carbocycles. The monoisotopic (exact) mass is 426 g/mol. The van der Waals surface area contributed by atoms with Crippen LogP contribution >= 0.6 is 0 Å². The Morgan fingerprint density at radius 2 is 2.10 bits per heavy atom. The number of ketones is 1. The SMILES string of the molecule is CC1=C(O)/C(=C\C(C)CCC/C(C)=C/CCC2=CC(=O)[C@@H](c3ccoc3)[C@@H]2O)OC1=O. The number of esters is 1. The number of cyclic esters (lactones) is 1. The number of aliphatic hydroxyl groups excluding tert-OH is 2. The summed E-state index contributed by atoms with van der Waals surface area (Å²) in [5.74, 6) is -0.745. The van der Waals surface area contributed by atoms with E-state index in [1.165, 1.54) is 18.1 Å². The summed E-state index contributed by atoms with van der Waals surface area (Å²) >= 11 is 0. The van der Waals surface area contributed by atoms with Gasteiger partial charge in [0.1, 0.15) is 0 Å². The zero-order chi connectivity index (χ0) is 22.5. The largest absolute Gasteiger partial charge is 0.504 e. The molecule has 6 nitrogen and oxygen atoms in total. The Hall–Kier alpha value is -2.86. The summed E-state index contributed by atoms with van der Waals surface area (Å²) in [5, 5.41) is 20.4. The summed E-state index contributed by atoms with van der Waals surface area (Å²) in [4.78, 5) is 23.7. The van der Waals surface area contributed by atoms with E-state index < -0.39 is 18.0 Å². The minimum atomic E-state index is -0.786. The molecule has 1 aromatic rings. The first kappa shape index (κ1) is 22.8. The number of allylic oxidation sites excluding steroid dienone is 4. The summed E-state index contributed by atoms with van der Waals surface area (Å²) in [5.41, 5.74) is 3.00. The van der Waals surface area contributed by atoms with Crippen LogP contribution in [-0.2, 0) is 14.3 Å². The van der Waals surface area contributed by atoms with Gasteiger partial charge in [-0.15, -0.1) is 0 Å². The highest BCUT2D eigenvalue weighted by Crippen LogP contribution is 2.34. The number of furan rings is 1. The second kappa shape index (κ2) is 9.96. The molecule has 0 bridgehead atoms. The van der Waals surface area contributed by atoms with E-state index in [1.807, 2.05) is 6.92 Å². The van der Waals surface area contributed by atoms with Gasteiger partial charge in [-0.25, -0.2) is 4.79 Å². The molecule has 0 spiro atoms. The van der Waals surface area contributed by atoms with Gasteiger partial charge in [-0.05, 0) is 75.7 Å². The second-order valence-electron chi connectivity index (χ2n) is 8.45. The van der Waals surface area contributed by atoms with E-state index in [1.54, 1.807) is 25.1 Å². The van der Waals surface area contributed by atoms with Crippen LogP contribution in [0.5, 0.6) is 0 Å². The summed E-state index contributed by atoms with van der Waals surface area (Å²) in [6, 6.07) is 1.72. The third-order valence-corrected chi connectivity index (χ3v) is 5.92. The van der Waals surface area contributed by atoms with Gasteiger partial charge in [-0.3, -0.25) is 4.79 Å². The molecule has 0 radical (unpaired) electrons. The van der Waals surface area contributed by atoms with Crippen LogP contribution in [0.3, 0.4) is 0 Å². The Kier molecular flexibility index (Phi) is 7.33. The molecule has 3 rings (SSSR count). The molecular weight excluding hydrogens is 396 g/mol. The van der Waals surface area contributed by atoms with Gasteiger partial charge in [0.2, 0.25) is 0 Å². The number of hydrogen-bond donors (Lipinski definition) is 2. The van der Waals surface area contributed by atoms with E-state index in [0.29, 0.717) is 12.0 Å². The molecule has 0 aromatic carbocycles. The Morgan fingerprint density at radius 3 is 2.74 bits per heavy atom. The van der Waals surface area contributed by atoms with Gasteiger partial charge >= 0.3 is 5.97 Å². The van der Waals surface area contributed by atoms with Crippen molar-refractivity contribution >= 4 is 11.8 Å². The molecule has 1 unspecified atom stereocenters. The van der Waals surface area contributed by atoms with Crippen LogP contribution in [0.1, 0.15) is 64.4 Å². The smallest absolute Gasteiger partial charge is 0.343 e. The number of carbonyl (C=O) groups excluding carboxylic acids is 2. The first-order valence-corrected chi connectivity index (χ1v) is 10.7. The lowest BCUT2D eigenvalue weighted by molar-refractivity contribution is -0.133. The molecule has 0 saturated heterocycles. The predicted octanol–water partition coefficient (Wildman–Crippen LogP) is 5.04. The third kappa shape index (κ3) is 5.44. The zero-order valence-corrected chi connectivity index (χ0v) is 18.3. The third-order valence-electron chi connectivity index (χ3n) is 5.92. The van der Waals surface area contributed by atoms with E-state index in [9.17, 15) is 19.8 Å². The van der Waals surface area contributed by atoms with Crippen molar-refractivity contribution in [2.75, 3.05) is 0 Å². The highest BCUT2D eigenvalue weighted by Gasteiger charge is 2.36. The van der Waals surface area contributed by atoms with E-state index in [0.717, 1.165) is 31.3 Å². The number of ether oxygens (including phenoxy) is 1. The lowest BCUT2D eigenvalue weighted by atomic mass is 9.93. The molecule has 1 aliphatic carbocycles. The molecule has 3 atom stereocenters. The molecule has 2 aliphatic rings. The van der Waals surface area contributed by atoms with Gasteiger partial charge in [0, 0.05) is 5.56 Å². The van der Waals surface area contributed by atoms with E-state index >= 15 is 0 Å². The number of rotatable bonds is 9. The van der Waals surface area contributed by atoms with Gasteiger partial charge in [0.25, 0.3) is 0 Å². The number of hydrogen-bond acceptors (Lipinski definition) is 6. The van der Waals surface area contributed by atoms with E-state index in [4.69, 9.17) is 9.15 Å². The number of aliphatic hydroxyl groups is 2. The van der Waals surface area contributed by atoms with Crippen LogP contribution in [0.25, 0.3) is 0 Å². The maximum absolute atomic E-state index is 12.2. The molecule has 2 heterocycles. The van der Waals surface area contributed by atoms with Gasteiger partial charge in [0.05, 0.1) is 30.1 Å². The predicted molar refractivity (Wildman–Crippen MR) is 116 cm³/mol. The molecule has 6 heteroatoms. The molecule has 1 aromatic heterocycles. The van der Waals surface area contributed by atoms with Gasteiger partial charge in [0.15, 0.2) is 17.3 Å². The fraction of sp³-hybridized carbons (Fsp3) is 0.440. The van der Waals surface area contributed by atoms with Gasteiger partial charge in [-0.1, -0.05) is 18.6 Å². The van der Waals surface area contributed by atoms with Crippen LogP contribution in [0, 0.1) is 5.92 Å². The highest BCUT2D eigenvalue weighted by atomic mass is 16.6. The minimum Gasteiger partial charge on any atom is -0.504 e. The highest BCUT2D eigenvalue weighted by molar-refractivity contribution is 5.99. The summed E-state index contributed by atoms with van der Waals surface area (Å²) in [6.45, 7) is 5.66. The normalized spacial score (nSPS) is 24.2. The molecule has 31 heavy (non-hydrogen) atoms. The average molecular weight is 427 g/mol. The second-order valence-corrected chi connectivity index (χ2v) is 8.45. The van der Waals surface area contributed by atoms with E-state index in [-0.39, 0.29) is 28.8 Å². The van der Waals surface area contributed by atoms with Crippen molar-refractivity contribution in [1.29, 1.82) is 0 Å². The molecule has 2 N–H and O–H groups in total. The van der Waals surface area contributed by atoms with E-state index in [2.05, 4.69) is 13.0 Å². The van der Waals surface area contributed by atoms with Crippen molar-refractivity contribution in [2.45, 2.75) is 64.9 Å². The van der Waals surface area contributed by atoms with Crippen LogP contribution in [0.15, 0.2) is 69.5 Å². The standard InChI is InChI=1S/C25H30O6/c1-15(6-4-8-16(2)12-21-23(27)17(3)25(29)31-21)7-5-9-18-13-20(26)22(24(18)28)19-10-11-30-14-19/h7,10-14,16,22,24,27-28H,4-6,8-9H2,1-3H3/b15-7+,21-12+/t16?,22-,24-/m1/s1. The molecule has 1 aliphatic heterocycles. The molecular formula is C25H30O6. The summed E-state index contributed by atoms with van der Waals surface area (Å²) in [7, 11) is 0. The lowest BCUT2D eigenvalue weighted by Gasteiger charge is -2.14. The quantitative estimate of drug-likeness (QED) is 0.424. The summed E-state index contributed by atoms with van der Waals surface area (Å²) < 4.78 is 10.1. The molecule has 0 fully saturated rings. The van der Waals surface area contributed by atoms with Crippen LogP contribution < -0.4 is 0 Å². The number of carbonyl (C=O) groups is 2. The lowest BCUT2D eigenvalue weighted by Crippen LogP contribution is -2.19. The van der Waals surface area contributed by atoms with Crippen molar-refractivity contribution in [2.24, 2.45) is 5.92 Å².